The van der Waals surface area contributed by atoms with Crippen LogP contribution in [-0.2, 0) is 16.1 Å². The third kappa shape index (κ3) is 3.41. The van der Waals surface area contributed by atoms with Crippen LogP contribution in [0.4, 0.5) is 0 Å². The molecule has 19 heavy (non-hydrogen) atoms. The summed E-state index contributed by atoms with van der Waals surface area (Å²) in [7, 11) is 0. The summed E-state index contributed by atoms with van der Waals surface area (Å²) in [6.45, 7) is 6.22. The van der Waals surface area contributed by atoms with Gasteiger partial charge in [-0.3, -0.25) is 9.69 Å². The summed E-state index contributed by atoms with van der Waals surface area (Å²) in [5, 5.41) is 0. The Labute approximate surface area is 113 Å². The zero-order chi connectivity index (χ0) is 13.8. The number of ketones is 1. The van der Waals surface area contributed by atoms with E-state index in [1.165, 1.54) is 0 Å². The molecule has 0 unspecified atom stereocenters. The molecule has 4 nitrogen and oxygen atoms in total. The fourth-order valence-electron chi connectivity index (χ4n) is 2.35. The highest BCUT2D eigenvalue weighted by atomic mass is 16.5. The van der Waals surface area contributed by atoms with E-state index in [9.17, 15) is 9.59 Å². The molecule has 0 aliphatic carbocycles. The highest BCUT2D eigenvalue weighted by Gasteiger charge is 2.19. The van der Waals surface area contributed by atoms with Gasteiger partial charge in [-0.2, -0.15) is 0 Å². The van der Waals surface area contributed by atoms with E-state index in [1.807, 2.05) is 19.1 Å². The lowest BCUT2D eigenvalue weighted by molar-refractivity contribution is -0.116. The van der Waals surface area contributed by atoms with Crippen LogP contribution in [0.15, 0.2) is 18.2 Å². The summed E-state index contributed by atoms with van der Waals surface area (Å²) in [4.78, 5) is 25.0. The molecule has 1 aromatic carbocycles. The largest absolute Gasteiger partial charge is 0.462 e. The predicted molar refractivity (Wildman–Crippen MR) is 72.0 cm³/mol. The van der Waals surface area contributed by atoms with Gasteiger partial charge in [-0.1, -0.05) is 12.1 Å². The van der Waals surface area contributed by atoms with Crippen LogP contribution in [0.5, 0.6) is 0 Å². The van der Waals surface area contributed by atoms with Crippen molar-refractivity contribution in [2.45, 2.75) is 26.8 Å². The van der Waals surface area contributed by atoms with Gasteiger partial charge in [-0.15, -0.1) is 0 Å². The standard InChI is InChI=1S/C15H19NO3/c1-3-19-15(18)14-5-4-12(8-11(14)2)9-16-7-6-13(17)10-16/h4-5,8H,3,6-7,9-10H2,1-2H3. The number of rotatable bonds is 4. The lowest BCUT2D eigenvalue weighted by Crippen LogP contribution is -2.20. The molecule has 0 saturated carbocycles. The summed E-state index contributed by atoms with van der Waals surface area (Å²) < 4.78 is 5.00. The predicted octanol–water partition coefficient (Wildman–Crippen LogP) is 1.95. The maximum atomic E-state index is 11.7. The van der Waals surface area contributed by atoms with E-state index in [1.54, 1.807) is 13.0 Å². The summed E-state index contributed by atoms with van der Waals surface area (Å²) >= 11 is 0. The molecule has 0 amide bonds. The Morgan fingerprint density at radius 1 is 1.42 bits per heavy atom. The summed E-state index contributed by atoms with van der Waals surface area (Å²) in [6.07, 6.45) is 0.653. The van der Waals surface area contributed by atoms with Crippen LogP contribution in [0.1, 0.15) is 34.8 Å². The van der Waals surface area contributed by atoms with Gasteiger partial charge in [0.2, 0.25) is 0 Å². The number of hydrogen-bond acceptors (Lipinski definition) is 4. The van der Waals surface area contributed by atoms with Crippen LogP contribution in [0.3, 0.4) is 0 Å². The van der Waals surface area contributed by atoms with Crippen LogP contribution >= 0.6 is 0 Å². The van der Waals surface area contributed by atoms with Crippen molar-refractivity contribution >= 4 is 11.8 Å². The first-order valence-electron chi connectivity index (χ1n) is 6.61. The van der Waals surface area contributed by atoms with Gasteiger partial charge in [-0.05, 0) is 31.0 Å². The lowest BCUT2D eigenvalue weighted by atomic mass is 10.0. The molecule has 4 heteroatoms. The molecule has 1 aliphatic rings. The van der Waals surface area contributed by atoms with E-state index in [-0.39, 0.29) is 5.97 Å². The van der Waals surface area contributed by atoms with E-state index in [2.05, 4.69) is 4.90 Å². The number of aryl methyl sites for hydroxylation is 1. The van der Waals surface area contributed by atoms with E-state index in [0.29, 0.717) is 30.9 Å². The third-order valence-corrected chi connectivity index (χ3v) is 3.30. The fourth-order valence-corrected chi connectivity index (χ4v) is 2.35. The van der Waals surface area contributed by atoms with Crippen molar-refractivity contribution in [1.82, 2.24) is 4.90 Å². The molecule has 0 N–H and O–H groups in total. The molecule has 1 saturated heterocycles. The Bertz CT molecular complexity index is 496. The maximum absolute atomic E-state index is 11.7. The number of nitrogens with zero attached hydrogens (tertiary/aromatic N) is 1. The van der Waals surface area contributed by atoms with Crippen molar-refractivity contribution in [3.63, 3.8) is 0 Å². The maximum Gasteiger partial charge on any atom is 0.338 e. The van der Waals surface area contributed by atoms with Crippen LogP contribution in [0, 0.1) is 6.92 Å². The Hall–Kier alpha value is -1.68. The van der Waals surface area contributed by atoms with Crippen LogP contribution in [0.2, 0.25) is 0 Å². The first kappa shape index (κ1) is 13.7. The fraction of sp³-hybridized carbons (Fsp3) is 0.467. The Morgan fingerprint density at radius 3 is 2.79 bits per heavy atom. The highest BCUT2D eigenvalue weighted by molar-refractivity contribution is 5.91. The second-order valence-electron chi connectivity index (χ2n) is 4.87. The van der Waals surface area contributed by atoms with Gasteiger partial charge in [0.15, 0.2) is 0 Å². The van der Waals surface area contributed by atoms with E-state index < -0.39 is 0 Å². The van der Waals surface area contributed by atoms with Crippen molar-refractivity contribution in [3.8, 4) is 0 Å². The van der Waals surface area contributed by atoms with Crippen LogP contribution in [-0.4, -0.2) is 36.3 Å². The first-order valence-corrected chi connectivity index (χ1v) is 6.61. The van der Waals surface area contributed by atoms with Crippen LogP contribution in [0.25, 0.3) is 0 Å². The Morgan fingerprint density at radius 2 is 2.21 bits per heavy atom. The Balaban J connectivity index is 2.06. The molecule has 0 aromatic heterocycles. The summed E-state index contributed by atoms with van der Waals surface area (Å²) in [5.41, 5.74) is 2.66. The van der Waals surface area contributed by atoms with Crippen LogP contribution < -0.4 is 0 Å². The monoisotopic (exact) mass is 261 g/mol. The van der Waals surface area contributed by atoms with Crippen molar-refractivity contribution in [1.29, 1.82) is 0 Å². The summed E-state index contributed by atoms with van der Waals surface area (Å²) in [5.74, 6) is 0.0303. The molecule has 1 aliphatic heterocycles. The molecule has 1 fully saturated rings. The molecular formula is C15H19NO3. The van der Waals surface area contributed by atoms with Crippen molar-refractivity contribution < 1.29 is 14.3 Å². The van der Waals surface area contributed by atoms with E-state index >= 15 is 0 Å². The van der Waals surface area contributed by atoms with Gasteiger partial charge in [0.05, 0.1) is 18.7 Å². The second kappa shape index (κ2) is 5.97. The number of likely N-dealkylation sites (tertiary alicyclic amines) is 1. The van der Waals surface area contributed by atoms with Crippen molar-refractivity contribution in [2.24, 2.45) is 0 Å². The first-order chi connectivity index (χ1) is 9.10. The third-order valence-electron chi connectivity index (χ3n) is 3.30. The smallest absolute Gasteiger partial charge is 0.338 e. The molecule has 1 heterocycles. The van der Waals surface area contributed by atoms with Crippen molar-refractivity contribution in [2.75, 3.05) is 19.7 Å². The molecule has 0 radical (unpaired) electrons. The second-order valence-corrected chi connectivity index (χ2v) is 4.87. The van der Waals surface area contributed by atoms with Gasteiger partial charge in [-0.25, -0.2) is 4.79 Å². The molecular weight excluding hydrogens is 242 g/mol. The zero-order valence-corrected chi connectivity index (χ0v) is 11.4. The number of carbonyl (C=O) groups excluding carboxylic acids is 2. The van der Waals surface area contributed by atoms with Gasteiger partial charge < -0.3 is 4.74 Å². The minimum atomic E-state index is -0.275. The Kier molecular flexibility index (Phi) is 4.32. The SMILES string of the molecule is CCOC(=O)c1ccc(CN2CCC(=O)C2)cc1C. The normalized spacial score (nSPS) is 15.8. The lowest BCUT2D eigenvalue weighted by Gasteiger charge is -2.14. The number of carbonyl (C=O) groups is 2. The molecule has 102 valence electrons. The minimum Gasteiger partial charge on any atom is -0.462 e. The topological polar surface area (TPSA) is 46.6 Å². The highest BCUT2D eigenvalue weighted by Crippen LogP contribution is 2.16. The number of Topliss-reactive ketones (excluding diaryl/α,β-unsaturated/α-hetero) is 1. The number of esters is 1. The van der Waals surface area contributed by atoms with Gasteiger partial charge in [0.25, 0.3) is 0 Å². The van der Waals surface area contributed by atoms with E-state index in [0.717, 1.165) is 24.2 Å². The molecule has 0 spiro atoms. The molecule has 0 atom stereocenters. The minimum absolute atomic E-state index is 0.275. The summed E-state index contributed by atoms with van der Waals surface area (Å²) in [6, 6.07) is 5.73. The average molecular weight is 261 g/mol. The molecule has 2 rings (SSSR count). The van der Waals surface area contributed by atoms with E-state index in [4.69, 9.17) is 4.74 Å². The average Bonchev–Trinajstić information content (AvgIpc) is 2.75. The molecule has 1 aromatic rings. The molecule has 0 bridgehead atoms. The van der Waals surface area contributed by atoms with Gasteiger partial charge >= 0.3 is 5.97 Å². The number of hydrogen-bond donors (Lipinski definition) is 0. The number of ether oxygens (including phenoxy) is 1. The van der Waals surface area contributed by atoms with Crippen molar-refractivity contribution in [3.05, 3.63) is 34.9 Å². The van der Waals surface area contributed by atoms with Gasteiger partial charge in [0, 0.05) is 19.5 Å². The number of benzene rings is 1. The zero-order valence-electron chi connectivity index (χ0n) is 11.4. The van der Waals surface area contributed by atoms with Gasteiger partial charge in [0.1, 0.15) is 5.78 Å². The quantitative estimate of drug-likeness (QED) is 0.777.